The number of aryl methyl sites for hydroxylation is 1. The third-order valence-electron chi connectivity index (χ3n) is 13.1. The molecule has 3 rings (SSSR count). The van der Waals surface area contributed by atoms with Gasteiger partial charge in [0.05, 0.1) is 6.61 Å². The van der Waals surface area contributed by atoms with Crippen molar-refractivity contribution in [3.63, 3.8) is 0 Å². The predicted molar refractivity (Wildman–Crippen MR) is 326 cm³/mol. The molecule has 0 radical (unpaired) electrons. The summed E-state index contributed by atoms with van der Waals surface area (Å²) >= 11 is 0. The van der Waals surface area contributed by atoms with Crippen molar-refractivity contribution in [2.24, 2.45) is 17.2 Å². The molecule has 1 aromatic carbocycles. The van der Waals surface area contributed by atoms with Crippen LogP contribution in [-0.4, -0.2) is 123 Å². The number of nitrogens with two attached hydrogens (primary N) is 3. The number of carbonyl (C=O) groups excluding carboxylic acids is 9. The number of allylic oxidation sites excluding steroid dienone is 10. The van der Waals surface area contributed by atoms with Crippen molar-refractivity contribution >= 4 is 71.2 Å². The topological polar surface area (TPSA) is 409 Å². The van der Waals surface area contributed by atoms with E-state index >= 15 is 0 Å². The van der Waals surface area contributed by atoms with Crippen LogP contribution in [0.1, 0.15) is 115 Å². The molecular formula is C60H85N15O10. The molecule has 2 aliphatic rings. The summed E-state index contributed by atoms with van der Waals surface area (Å²) in [5.74, 6) is -5.48. The highest BCUT2D eigenvalue weighted by atomic mass is 16.5. The molecule has 85 heavy (non-hydrogen) atoms. The Balaban J connectivity index is 1.90. The van der Waals surface area contributed by atoms with Gasteiger partial charge in [0.1, 0.15) is 30.5 Å². The Kier molecular flexibility index (Phi) is 30.5. The molecule has 0 bridgehead atoms. The minimum atomic E-state index is -1.24. The fourth-order valence-electron chi connectivity index (χ4n) is 8.75. The van der Waals surface area contributed by atoms with Gasteiger partial charge in [0.2, 0.25) is 29.5 Å². The van der Waals surface area contributed by atoms with Crippen molar-refractivity contribution in [2.45, 2.75) is 129 Å². The molecule has 1 aromatic rings. The van der Waals surface area contributed by atoms with Crippen LogP contribution in [-0.2, 0) is 49.5 Å². The first kappa shape index (κ1) is 70.0. The maximum absolute atomic E-state index is 14.3. The fourth-order valence-corrected chi connectivity index (χ4v) is 8.75. The summed E-state index contributed by atoms with van der Waals surface area (Å²) in [6.45, 7) is 13.2. The van der Waals surface area contributed by atoms with E-state index in [0.717, 1.165) is 11.9 Å². The minimum absolute atomic E-state index is 0.0106. The van der Waals surface area contributed by atoms with Crippen LogP contribution in [0, 0.1) is 10.8 Å². The number of benzene rings is 1. The lowest BCUT2D eigenvalue weighted by Gasteiger charge is -2.21. The number of methoxy groups -OCH3 is 1. The number of aldehydes is 1. The third kappa shape index (κ3) is 24.3. The van der Waals surface area contributed by atoms with E-state index in [0.29, 0.717) is 48.1 Å². The van der Waals surface area contributed by atoms with Crippen LogP contribution < -0.4 is 70.4 Å². The predicted octanol–water partition coefficient (Wildman–Crippen LogP) is 2.34. The number of ether oxygens (including phenoxy) is 1. The number of nitrogens with one attached hydrogen (secondary N) is 12. The van der Waals surface area contributed by atoms with Crippen LogP contribution in [0.4, 0.5) is 5.69 Å². The molecule has 0 aromatic heterocycles. The van der Waals surface area contributed by atoms with Crippen LogP contribution in [0.25, 0.3) is 0 Å². The molecule has 0 saturated carbocycles. The Morgan fingerprint density at radius 2 is 1.32 bits per heavy atom. The van der Waals surface area contributed by atoms with Crippen molar-refractivity contribution in [3.8, 4) is 0 Å². The normalized spacial score (nSPS) is 14.6. The van der Waals surface area contributed by atoms with E-state index in [-0.39, 0.29) is 117 Å². The van der Waals surface area contributed by atoms with E-state index < -0.39 is 71.4 Å². The molecular weight excluding hydrogens is 1090 g/mol. The molecule has 0 unspecified atom stereocenters. The SMILES string of the molecule is C=C(/C=C(\C=C/C)C(=O)N[C@H](CCCNC(=N)N)C(=O)NC1=CCC=C(COC)C(C(=O)N[C@H](CCC)C(=O)NC2=CCC=C(CC)C(C=O)=C2)=C1)NC(=O)[C@@H](CCCNC(=N)N)NC(=O)c1cc(NC(=O)[C@@H](C)NC(=O)CCN)ccc1CC. The van der Waals surface area contributed by atoms with E-state index in [1.54, 1.807) is 49.4 Å². The van der Waals surface area contributed by atoms with Gasteiger partial charge in [-0.25, -0.2) is 0 Å². The van der Waals surface area contributed by atoms with Crippen LogP contribution in [0.2, 0.25) is 0 Å². The summed E-state index contributed by atoms with van der Waals surface area (Å²) in [6.07, 6.45) is 18.4. The highest BCUT2D eigenvalue weighted by Gasteiger charge is 2.29. The molecule has 2 aliphatic carbocycles. The maximum Gasteiger partial charge on any atom is 0.252 e. The second-order valence-electron chi connectivity index (χ2n) is 19.8. The van der Waals surface area contributed by atoms with Gasteiger partial charge in [0, 0.05) is 78.2 Å². The second kappa shape index (κ2) is 37.1. The van der Waals surface area contributed by atoms with Crippen LogP contribution in [0.15, 0.2) is 124 Å². The lowest BCUT2D eigenvalue weighted by Crippen LogP contribution is -2.48. The fraction of sp³-hybridized carbons (Fsp3) is 0.417. The van der Waals surface area contributed by atoms with E-state index in [1.165, 1.54) is 38.3 Å². The van der Waals surface area contributed by atoms with Gasteiger partial charge in [-0.1, -0.05) is 76.3 Å². The molecule has 0 aliphatic heterocycles. The Hall–Kier alpha value is -9.23. The van der Waals surface area contributed by atoms with Crippen molar-refractivity contribution in [3.05, 3.63) is 136 Å². The number of carbonyl (C=O) groups is 9. The number of guanidine groups is 2. The summed E-state index contributed by atoms with van der Waals surface area (Å²) in [5.41, 5.74) is 19.8. The Bertz CT molecular complexity index is 2910. The zero-order valence-corrected chi connectivity index (χ0v) is 49.4. The molecule has 0 saturated heterocycles. The van der Waals surface area contributed by atoms with Crippen LogP contribution in [0.3, 0.4) is 0 Å². The number of hydrogen-bond donors (Lipinski definition) is 15. The van der Waals surface area contributed by atoms with Gasteiger partial charge in [0.25, 0.3) is 17.7 Å². The van der Waals surface area contributed by atoms with Crippen molar-refractivity contribution < 1.29 is 47.9 Å². The molecule has 18 N–H and O–H groups in total. The van der Waals surface area contributed by atoms with Crippen molar-refractivity contribution in [1.82, 2.24) is 47.9 Å². The molecule has 25 heteroatoms. The lowest BCUT2D eigenvalue weighted by atomic mass is 10.0. The Morgan fingerprint density at radius 3 is 1.87 bits per heavy atom. The van der Waals surface area contributed by atoms with Gasteiger partial charge in [-0.05, 0) is 119 Å². The first-order valence-corrected chi connectivity index (χ1v) is 28.3. The summed E-state index contributed by atoms with van der Waals surface area (Å²) < 4.78 is 5.44. The molecule has 460 valence electrons. The first-order chi connectivity index (χ1) is 40.6. The van der Waals surface area contributed by atoms with Gasteiger partial charge in [-0.15, -0.1) is 0 Å². The van der Waals surface area contributed by atoms with E-state index in [4.69, 9.17) is 32.8 Å². The van der Waals surface area contributed by atoms with E-state index in [1.807, 2.05) is 26.8 Å². The van der Waals surface area contributed by atoms with Crippen LogP contribution >= 0.6 is 0 Å². The van der Waals surface area contributed by atoms with Gasteiger partial charge in [-0.2, -0.15) is 0 Å². The maximum atomic E-state index is 14.3. The Labute approximate surface area is 496 Å². The molecule has 0 fully saturated rings. The third-order valence-corrected chi connectivity index (χ3v) is 13.1. The standard InChI is InChI=1S/C60H85N15O10/c1-8-16-40(30-36(5)68-56(82)49(22-14-28-66-59(62)63)75-54(80)46-33-45(25-24-39(46)11-4)70-52(78)37(6)69-51(77)26-27-61)53(79)73-50(23-15-29-67-60(64)65)58(84)72-44-21-13-19-41(35-85-7)47(32-44)55(81)74-48(17-9-2)57(83)71-43-20-12-18-38(10-3)42(31-43)34-76/h8,16,18-21,24-25,30-34,37,48-50H,5,9-15,17,22-23,26-29,35,61H2,1-4,6-7H3,(H,68,82)(H,69,77)(H,70,78)(H,71,83)(H,72,84)(H,73,79)(H,74,81)(H,75,80)(H4,62,63,66)(H4,64,65,67)/b16-8-,40-30+/t37-,48-,49-,50-/m1/s1. The average molecular weight is 1180 g/mol. The molecule has 4 atom stereocenters. The van der Waals surface area contributed by atoms with Crippen molar-refractivity contribution in [2.75, 3.05) is 38.7 Å². The lowest BCUT2D eigenvalue weighted by molar-refractivity contribution is -0.127. The number of hydrogen-bond acceptors (Lipinski definition) is 13. The smallest absolute Gasteiger partial charge is 0.252 e. The first-order valence-electron chi connectivity index (χ1n) is 28.3. The van der Waals surface area contributed by atoms with Gasteiger partial charge < -0.3 is 75.1 Å². The Morgan fingerprint density at radius 1 is 0.729 bits per heavy atom. The zero-order valence-electron chi connectivity index (χ0n) is 49.4. The highest BCUT2D eigenvalue weighted by Crippen LogP contribution is 2.22. The van der Waals surface area contributed by atoms with Crippen LogP contribution in [0.5, 0.6) is 0 Å². The van der Waals surface area contributed by atoms with Gasteiger partial charge >= 0.3 is 0 Å². The summed E-state index contributed by atoms with van der Waals surface area (Å²) in [6, 6.07) is 0.353. The van der Waals surface area contributed by atoms with Gasteiger partial charge in [-0.3, -0.25) is 54.0 Å². The molecule has 25 nitrogen and oxygen atoms in total. The van der Waals surface area contributed by atoms with Gasteiger partial charge in [0.15, 0.2) is 11.9 Å². The zero-order chi connectivity index (χ0) is 63.0. The number of amides is 8. The summed E-state index contributed by atoms with van der Waals surface area (Å²) in [7, 11) is 1.46. The van der Waals surface area contributed by atoms with Crippen molar-refractivity contribution in [1.29, 1.82) is 10.8 Å². The molecule has 0 heterocycles. The largest absolute Gasteiger partial charge is 0.380 e. The van der Waals surface area contributed by atoms with E-state index in [9.17, 15) is 43.2 Å². The van der Waals surface area contributed by atoms with E-state index in [2.05, 4.69) is 59.7 Å². The number of anilines is 1. The summed E-state index contributed by atoms with van der Waals surface area (Å²) in [4.78, 5) is 122. The average Bonchev–Trinajstić information content (AvgIpc) is 4.05. The molecule has 8 amide bonds. The summed E-state index contributed by atoms with van der Waals surface area (Å²) in [5, 5.41) is 42.5. The minimum Gasteiger partial charge on any atom is -0.380 e. The monoisotopic (exact) mass is 1180 g/mol. The molecule has 0 spiro atoms. The second-order valence-corrected chi connectivity index (χ2v) is 19.8. The number of rotatable bonds is 34. The quantitative estimate of drug-likeness (QED) is 0.0118. The highest BCUT2D eigenvalue weighted by molar-refractivity contribution is 6.04.